The molecule has 2 aliphatic rings. The number of nitrogens with two attached hydrogens (primary N) is 1. The standard InChI is InChI=1S/C42H77N7O19/c1-26(53)48-34-38(61)36(59)28(21-50)67-40(34)65-17-5-3-9-30(55)44-13-7-15-46-32(57)11-19-63-24-42(43,23-52)25-64-20-12-33(58)47-16-8-14-45-31(56)10-4-6-18-66-41-35(49-27(2)54)39(62)37(60)29(22-51)68-41/h28-29,34-41,50-52,59-62H,3-25,43H2,1-2H3,(H,44,55)(H,45,56)(H,46,57)(H,47,58)(H,48,53)(H,49,54)/t28-,29-,34-,35-,36+,37+,38-,39-,40-,41-/m1/s1. The molecule has 0 unspecified atom stereocenters. The third-order valence-corrected chi connectivity index (χ3v) is 10.7. The van der Waals surface area contributed by atoms with E-state index in [-0.39, 0.29) is 89.0 Å². The number of hydrogen-bond acceptors (Lipinski definition) is 20. The zero-order valence-corrected chi connectivity index (χ0v) is 39.1. The second-order valence-corrected chi connectivity index (χ2v) is 16.8. The molecule has 0 bridgehead atoms. The highest BCUT2D eigenvalue weighted by Gasteiger charge is 2.46. The Hall–Kier alpha value is -3.74. The average molecular weight is 984 g/mol. The van der Waals surface area contributed by atoms with E-state index in [4.69, 9.17) is 34.2 Å². The van der Waals surface area contributed by atoms with Crippen LogP contribution in [0, 0.1) is 0 Å². The monoisotopic (exact) mass is 984 g/mol. The number of carbonyl (C=O) groups excluding carboxylic acids is 6. The molecule has 26 heteroatoms. The first-order chi connectivity index (χ1) is 32.4. The van der Waals surface area contributed by atoms with Gasteiger partial charge in [-0.1, -0.05) is 0 Å². The van der Waals surface area contributed by atoms with Crippen LogP contribution in [-0.2, 0) is 57.2 Å². The van der Waals surface area contributed by atoms with E-state index in [1.165, 1.54) is 13.8 Å². The van der Waals surface area contributed by atoms with Gasteiger partial charge < -0.3 is 102 Å². The SMILES string of the molecule is CC(=O)N[C@H]1[C@H](OCCCCC(=O)NCCCNC(=O)CCOCC(N)(CO)COCCC(=O)NCCCNC(=O)CCCCO[C@@H]2O[C@H](CO)[C@H](O)[C@H](O)[C@H]2NC(C)=O)O[C@H](CO)[C@H](O)[C@@H]1O. The van der Waals surface area contributed by atoms with Crippen molar-refractivity contribution in [2.75, 3.05) is 85.6 Å². The van der Waals surface area contributed by atoms with Crippen LogP contribution in [0.3, 0.4) is 0 Å². The molecular weight excluding hydrogens is 906 g/mol. The van der Waals surface area contributed by atoms with Crippen LogP contribution in [0.25, 0.3) is 0 Å². The van der Waals surface area contributed by atoms with E-state index in [1.807, 2.05) is 0 Å². The molecule has 26 nitrogen and oxygen atoms in total. The van der Waals surface area contributed by atoms with Crippen molar-refractivity contribution in [3.05, 3.63) is 0 Å². The predicted octanol–water partition coefficient (Wildman–Crippen LogP) is -6.00. The van der Waals surface area contributed by atoms with Crippen molar-refractivity contribution in [3.63, 3.8) is 0 Å². The molecule has 15 N–H and O–H groups in total. The quantitative estimate of drug-likeness (QED) is 0.0263. The average Bonchev–Trinajstić information content (AvgIpc) is 3.30. The van der Waals surface area contributed by atoms with Gasteiger partial charge >= 0.3 is 0 Å². The number of amides is 6. The number of rotatable bonds is 35. The summed E-state index contributed by atoms with van der Waals surface area (Å²) in [6.45, 7) is 2.28. The Balaban J connectivity index is 1.45. The summed E-state index contributed by atoms with van der Waals surface area (Å²) in [5.74, 6) is -1.88. The molecule has 0 spiro atoms. The Morgan fingerprint density at radius 2 is 0.868 bits per heavy atom. The number of unbranched alkanes of at least 4 members (excludes halogenated alkanes) is 2. The van der Waals surface area contributed by atoms with Gasteiger partial charge in [-0.15, -0.1) is 0 Å². The third kappa shape index (κ3) is 23.7. The van der Waals surface area contributed by atoms with Crippen LogP contribution in [0.15, 0.2) is 0 Å². The molecule has 2 rings (SSSR count). The Morgan fingerprint density at radius 1 is 0.515 bits per heavy atom. The number of aliphatic hydroxyl groups is 7. The van der Waals surface area contributed by atoms with Gasteiger partial charge in [0.15, 0.2) is 12.6 Å². The van der Waals surface area contributed by atoms with Crippen LogP contribution in [-0.4, -0.2) is 224 Å². The minimum absolute atomic E-state index is 0.0274. The molecule has 0 aromatic rings. The van der Waals surface area contributed by atoms with Crippen LogP contribution < -0.4 is 37.6 Å². The van der Waals surface area contributed by atoms with E-state index in [9.17, 15) is 64.5 Å². The first-order valence-electron chi connectivity index (χ1n) is 23.1. The van der Waals surface area contributed by atoms with Crippen molar-refractivity contribution >= 4 is 35.4 Å². The normalized spacial score (nSPS) is 25.0. The minimum Gasteiger partial charge on any atom is -0.394 e. The number of nitrogens with one attached hydrogen (secondary N) is 6. The summed E-state index contributed by atoms with van der Waals surface area (Å²) in [5.41, 5.74) is 4.91. The molecule has 2 aliphatic heterocycles. The highest BCUT2D eigenvalue weighted by molar-refractivity contribution is 5.77. The first kappa shape index (κ1) is 60.4. The number of aliphatic hydroxyl groups excluding tert-OH is 7. The molecule has 0 aromatic carbocycles. The van der Waals surface area contributed by atoms with Gasteiger partial charge in [-0.3, -0.25) is 28.8 Å². The molecule has 2 saturated heterocycles. The van der Waals surface area contributed by atoms with E-state index >= 15 is 0 Å². The molecular formula is C42H77N7O19. The maximum Gasteiger partial charge on any atom is 0.222 e. The number of hydrogen-bond donors (Lipinski definition) is 14. The smallest absolute Gasteiger partial charge is 0.222 e. The van der Waals surface area contributed by atoms with E-state index < -0.39 is 98.5 Å². The van der Waals surface area contributed by atoms with E-state index in [2.05, 4.69) is 31.9 Å². The van der Waals surface area contributed by atoms with Gasteiger partial charge in [0.2, 0.25) is 35.4 Å². The molecule has 0 radical (unpaired) electrons. The molecule has 0 saturated carbocycles. The second kappa shape index (κ2) is 33.7. The number of carbonyl (C=O) groups is 6. The highest BCUT2D eigenvalue weighted by Crippen LogP contribution is 2.24. The maximum atomic E-state index is 12.2. The summed E-state index contributed by atoms with van der Waals surface area (Å²) in [6, 6.07) is -2.09. The van der Waals surface area contributed by atoms with Crippen molar-refractivity contribution in [2.24, 2.45) is 5.73 Å². The molecule has 68 heavy (non-hydrogen) atoms. The largest absolute Gasteiger partial charge is 0.394 e. The topological polar surface area (TPSA) is 398 Å². The second-order valence-electron chi connectivity index (χ2n) is 16.8. The molecule has 394 valence electrons. The van der Waals surface area contributed by atoms with Gasteiger partial charge in [0.1, 0.15) is 48.7 Å². The summed E-state index contributed by atoms with van der Waals surface area (Å²) >= 11 is 0. The van der Waals surface area contributed by atoms with E-state index in [1.54, 1.807) is 0 Å². The molecule has 10 atom stereocenters. The van der Waals surface area contributed by atoms with Crippen molar-refractivity contribution in [3.8, 4) is 0 Å². The Kier molecular flexibility index (Phi) is 30.0. The Bertz CT molecular complexity index is 1400. The lowest BCUT2D eigenvalue weighted by Gasteiger charge is -2.42. The summed E-state index contributed by atoms with van der Waals surface area (Å²) in [4.78, 5) is 71.9. The zero-order chi connectivity index (χ0) is 50.5. The van der Waals surface area contributed by atoms with Gasteiger partial charge in [0, 0.05) is 78.9 Å². The van der Waals surface area contributed by atoms with Gasteiger partial charge in [0.25, 0.3) is 0 Å². The fourth-order valence-electron chi connectivity index (χ4n) is 6.86. The molecule has 6 amide bonds. The third-order valence-electron chi connectivity index (χ3n) is 10.7. The minimum atomic E-state index is -1.41. The van der Waals surface area contributed by atoms with Crippen LogP contribution in [0.1, 0.15) is 78.1 Å². The van der Waals surface area contributed by atoms with E-state index in [0.29, 0.717) is 64.7 Å². The van der Waals surface area contributed by atoms with Crippen LogP contribution in [0.4, 0.5) is 0 Å². The molecule has 2 heterocycles. The highest BCUT2D eigenvalue weighted by atomic mass is 16.7. The molecule has 0 aromatic heterocycles. The summed E-state index contributed by atoms with van der Waals surface area (Å²) < 4.78 is 33.3. The zero-order valence-electron chi connectivity index (χ0n) is 39.1. The van der Waals surface area contributed by atoms with Gasteiger partial charge in [-0.25, -0.2) is 0 Å². The lowest BCUT2D eigenvalue weighted by atomic mass is 9.97. The lowest BCUT2D eigenvalue weighted by Crippen LogP contribution is -2.64. The maximum absolute atomic E-state index is 12.2. The van der Waals surface area contributed by atoms with Gasteiger partial charge in [0.05, 0.1) is 51.8 Å². The predicted molar refractivity (Wildman–Crippen MR) is 236 cm³/mol. The Labute approximate surface area is 396 Å². The molecule has 0 aliphatic carbocycles. The summed E-state index contributed by atoms with van der Waals surface area (Å²) in [5, 5.41) is 85.4. The fraction of sp³-hybridized carbons (Fsp3) is 0.857. The Morgan fingerprint density at radius 3 is 1.19 bits per heavy atom. The van der Waals surface area contributed by atoms with Gasteiger partial charge in [-0.2, -0.15) is 0 Å². The van der Waals surface area contributed by atoms with Crippen molar-refractivity contribution < 1.29 is 92.9 Å². The lowest BCUT2D eigenvalue weighted by molar-refractivity contribution is -0.270. The summed E-state index contributed by atoms with van der Waals surface area (Å²) in [6.07, 6.45) is -6.75. The van der Waals surface area contributed by atoms with Crippen LogP contribution in [0.2, 0.25) is 0 Å². The van der Waals surface area contributed by atoms with Crippen molar-refractivity contribution in [1.29, 1.82) is 0 Å². The number of ether oxygens (including phenoxy) is 6. The summed E-state index contributed by atoms with van der Waals surface area (Å²) in [7, 11) is 0. The van der Waals surface area contributed by atoms with E-state index in [0.717, 1.165) is 0 Å². The first-order valence-corrected chi connectivity index (χ1v) is 23.1. The molecule has 2 fully saturated rings. The van der Waals surface area contributed by atoms with Crippen LogP contribution in [0.5, 0.6) is 0 Å². The van der Waals surface area contributed by atoms with Gasteiger partial charge in [-0.05, 0) is 38.5 Å². The fourth-order valence-corrected chi connectivity index (χ4v) is 6.86. The van der Waals surface area contributed by atoms with Crippen LogP contribution >= 0.6 is 0 Å². The van der Waals surface area contributed by atoms with Crippen molar-refractivity contribution in [1.82, 2.24) is 31.9 Å². The van der Waals surface area contributed by atoms with Crippen molar-refractivity contribution in [2.45, 2.75) is 145 Å².